The summed E-state index contributed by atoms with van der Waals surface area (Å²) in [6, 6.07) is -0.209. The van der Waals surface area contributed by atoms with Gasteiger partial charge >= 0.3 is 0 Å². The van der Waals surface area contributed by atoms with Crippen LogP contribution in [0.5, 0.6) is 0 Å². The molecule has 2 N–H and O–H groups in total. The molecular weight excluding hydrogens is 230 g/mol. The maximum Gasteiger partial charge on any atom is 0.243 e. The monoisotopic (exact) mass is 255 g/mol. The van der Waals surface area contributed by atoms with Gasteiger partial charge in [-0.05, 0) is 18.8 Å². The van der Waals surface area contributed by atoms with Gasteiger partial charge in [0.2, 0.25) is 11.7 Å². The highest BCUT2D eigenvalue weighted by Crippen LogP contribution is 2.31. The molecular formula is C13H25N3O2. The normalized spacial score (nSPS) is 15.7. The van der Waals surface area contributed by atoms with Crippen LogP contribution in [0.15, 0.2) is 4.52 Å². The number of methoxy groups -OCH3 is 1. The lowest BCUT2D eigenvalue weighted by Gasteiger charge is -2.26. The van der Waals surface area contributed by atoms with Crippen molar-refractivity contribution in [1.29, 1.82) is 0 Å². The van der Waals surface area contributed by atoms with Crippen LogP contribution in [0, 0.1) is 5.92 Å². The van der Waals surface area contributed by atoms with E-state index in [0.29, 0.717) is 17.6 Å². The summed E-state index contributed by atoms with van der Waals surface area (Å²) in [7, 11) is 1.68. The molecule has 1 aromatic rings. The second kappa shape index (κ2) is 6.29. The summed E-state index contributed by atoms with van der Waals surface area (Å²) in [5, 5.41) is 4.05. The van der Waals surface area contributed by atoms with E-state index in [2.05, 4.69) is 37.8 Å². The molecule has 0 bridgehead atoms. The number of ether oxygens (including phenoxy) is 1. The Hall–Kier alpha value is -0.940. The SMILES string of the molecule is CCC(C)[C@H](N)c1nc(C(CC)(CC)OC)no1. The Morgan fingerprint density at radius 3 is 2.39 bits per heavy atom. The summed E-state index contributed by atoms with van der Waals surface area (Å²) in [6.45, 7) is 8.28. The average molecular weight is 255 g/mol. The molecule has 1 heterocycles. The number of hydrogen-bond donors (Lipinski definition) is 1. The van der Waals surface area contributed by atoms with E-state index in [0.717, 1.165) is 19.3 Å². The first kappa shape index (κ1) is 15.1. The zero-order chi connectivity index (χ0) is 13.8. The van der Waals surface area contributed by atoms with Crippen LogP contribution in [0.3, 0.4) is 0 Å². The van der Waals surface area contributed by atoms with Crippen molar-refractivity contribution >= 4 is 0 Å². The fraction of sp³-hybridized carbons (Fsp3) is 0.846. The van der Waals surface area contributed by atoms with Crippen LogP contribution in [0.1, 0.15) is 64.7 Å². The Labute approximate surface area is 109 Å². The topological polar surface area (TPSA) is 74.2 Å². The van der Waals surface area contributed by atoms with Gasteiger partial charge in [-0.2, -0.15) is 4.98 Å². The summed E-state index contributed by atoms with van der Waals surface area (Å²) < 4.78 is 10.9. The highest BCUT2D eigenvalue weighted by molar-refractivity contribution is 5.03. The molecule has 1 rings (SSSR count). The molecule has 0 aliphatic carbocycles. The first-order valence-electron chi connectivity index (χ1n) is 6.69. The van der Waals surface area contributed by atoms with Crippen molar-refractivity contribution < 1.29 is 9.26 Å². The van der Waals surface area contributed by atoms with Gasteiger partial charge in [0.25, 0.3) is 0 Å². The molecule has 0 aliphatic heterocycles. The molecule has 0 radical (unpaired) electrons. The summed E-state index contributed by atoms with van der Waals surface area (Å²) in [5.41, 5.74) is 5.63. The predicted octanol–water partition coefficient (Wildman–Crippen LogP) is 2.78. The number of nitrogens with zero attached hydrogens (tertiary/aromatic N) is 2. The van der Waals surface area contributed by atoms with E-state index in [-0.39, 0.29) is 6.04 Å². The Morgan fingerprint density at radius 1 is 1.33 bits per heavy atom. The van der Waals surface area contributed by atoms with Crippen molar-refractivity contribution in [2.45, 2.75) is 58.6 Å². The molecule has 104 valence electrons. The molecule has 0 aliphatic rings. The standard InChI is InChI=1S/C13H25N3O2/c1-6-9(4)10(14)11-15-12(16-18-11)13(7-2,8-3)17-5/h9-10H,6-8,14H2,1-5H3/t9?,10-/m0/s1. The first-order valence-corrected chi connectivity index (χ1v) is 6.69. The van der Waals surface area contributed by atoms with E-state index in [4.69, 9.17) is 15.0 Å². The summed E-state index contributed by atoms with van der Waals surface area (Å²) in [5.74, 6) is 1.42. The molecule has 0 aromatic carbocycles. The molecule has 0 amide bonds. The third kappa shape index (κ3) is 2.72. The van der Waals surface area contributed by atoms with E-state index in [1.807, 2.05) is 0 Å². The van der Waals surface area contributed by atoms with E-state index >= 15 is 0 Å². The molecule has 0 saturated heterocycles. The maximum atomic E-state index is 6.09. The highest BCUT2D eigenvalue weighted by Gasteiger charge is 2.34. The van der Waals surface area contributed by atoms with Crippen molar-refractivity contribution in [3.63, 3.8) is 0 Å². The zero-order valence-corrected chi connectivity index (χ0v) is 12.1. The van der Waals surface area contributed by atoms with Gasteiger partial charge in [-0.3, -0.25) is 0 Å². The average Bonchev–Trinajstić information content (AvgIpc) is 2.90. The second-order valence-corrected chi connectivity index (χ2v) is 4.77. The molecule has 5 nitrogen and oxygen atoms in total. The van der Waals surface area contributed by atoms with Crippen molar-refractivity contribution in [3.8, 4) is 0 Å². The minimum Gasteiger partial charge on any atom is -0.370 e. The molecule has 0 saturated carbocycles. The van der Waals surface area contributed by atoms with Gasteiger partial charge in [-0.25, -0.2) is 0 Å². The molecule has 1 unspecified atom stereocenters. The van der Waals surface area contributed by atoms with Gasteiger partial charge in [0.05, 0.1) is 6.04 Å². The Bertz CT molecular complexity index is 353. The summed E-state index contributed by atoms with van der Waals surface area (Å²) in [6.07, 6.45) is 2.59. The molecule has 18 heavy (non-hydrogen) atoms. The van der Waals surface area contributed by atoms with E-state index in [1.54, 1.807) is 7.11 Å². The van der Waals surface area contributed by atoms with Crippen LogP contribution >= 0.6 is 0 Å². The minimum absolute atomic E-state index is 0.209. The van der Waals surface area contributed by atoms with Crippen molar-refractivity contribution in [1.82, 2.24) is 10.1 Å². The van der Waals surface area contributed by atoms with Crippen molar-refractivity contribution in [2.75, 3.05) is 7.11 Å². The number of aromatic nitrogens is 2. The molecule has 0 spiro atoms. The van der Waals surface area contributed by atoms with Crippen molar-refractivity contribution in [2.24, 2.45) is 11.7 Å². The lowest BCUT2D eigenvalue weighted by Crippen LogP contribution is -2.28. The number of nitrogens with two attached hydrogens (primary N) is 1. The summed E-state index contributed by atoms with van der Waals surface area (Å²) >= 11 is 0. The smallest absolute Gasteiger partial charge is 0.243 e. The van der Waals surface area contributed by atoms with Crippen molar-refractivity contribution in [3.05, 3.63) is 11.7 Å². The predicted molar refractivity (Wildman–Crippen MR) is 70.0 cm³/mol. The third-order valence-corrected chi connectivity index (χ3v) is 3.92. The quantitative estimate of drug-likeness (QED) is 0.811. The molecule has 5 heteroatoms. The maximum absolute atomic E-state index is 6.09. The van der Waals surface area contributed by atoms with E-state index < -0.39 is 5.60 Å². The highest BCUT2D eigenvalue weighted by atomic mass is 16.5. The van der Waals surface area contributed by atoms with E-state index in [1.165, 1.54) is 0 Å². The lowest BCUT2D eigenvalue weighted by atomic mass is 9.96. The van der Waals surface area contributed by atoms with Crippen LogP contribution in [0.4, 0.5) is 0 Å². The van der Waals surface area contributed by atoms with Gasteiger partial charge in [0, 0.05) is 7.11 Å². The van der Waals surface area contributed by atoms with Crippen LogP contribution in [0.2, 0.25) is 0 Å². The van der Waals surface area contributed by atoms with Crippen LogP contribution in [-0.4, -0.2) is 17.3 Å². The van der Waals surface area contributed by atoms with Gasteiger partial charge in [0.15, 0.2) is 0 Å². The molecule has 1 aromatic heterocycles. The Morgan fingerprint density at radius 2 is 1.94 bits per heavy atom. The van der Waals surface area contributed by atoms with Gasteiger partial charge in [0.1, 0.15) is 5.60 Å². The minimum atomic E-state index is -0.461. The van der Waals surface area contributed by atoms with Crippen LogP contribution < -0.4 is 5.73 Å². The van der Waals surface area contributed by atoms with Crippen LogP contribution in [0.25, 0.3) is 0 Å². The number of hydrogen-bond acceptors (Lipinski definition) is 5. The largest absolute Gasteiger partial charge is 0.370 e. The Balaban J connectivity index is 2.98. The third-order valence-electron chi connectivity index (χ3n) is 3.92. The van der Waals surface area contributed by atoms with Gasteiger partial charge in [-0.15, -0.1) is 0 Å². The second-order valence-electron chi connectivity index (χ2n) is 4.77. The van der Waals surface area contributed by atoms with Crippen LogP contribution in [-0.2, 0) is 10.3 Å². The van der Waals surface area contributed by atoms with Gasteiger partial charge in [-0.1, -0.05) is 39.3 Å². The van der Waals surface area contributed by atoms with E-state index in [9.17, 15) is 0 Å². The molecule has 0 fully saturated rings. The fourth-order valence-electron chi connectivity index (χ4n) is 2.00. The lowest BCUT2D eigenvalue weighted by molar-refractivity contribution is -0.0306. The van der Waals surface area contributed by atoms with Gasteiger partial charge < -0.3 is 15.0 Å². The number of rotatable bonds is 7. The first-order chi connectivity index (χ1) is 8.54. The molecule has 2 atom stereocenters. The Kier molecular flexibility index (Phi) is 5.28. The fourth-order valence-corrected chi connectivity index (χ4v) is 2.00. The summed E-state index contributed by atoms with van der Waals surface area (Å²) in [4.78, 5) is 4.44. The zero-order valence-electron chi connectivity index (χ0n) is 12.1.